The van der Waals surface area contributed by atoms with Crippen molar-refractivity contribution in [3.8, 4) is 23.0 Å². The van der Waals surface area contributed by atoms with Crippen molar-refractivity contribution >= 4 is 66.9 Å². The molecule has 0 radical (unpaired) electrons. The number of nitrogens with zero attached hydrogens (tertiary/aromatic N) is 2. The second-order valence-electron chi connectivity index (χ2n) is 9.98. The molecule has 0 fully saturated rings. The summed E-state index contributed by atoms with van der Waals surface area (Å²) in [6.45, 7) is 2.10. The van der Waals surface area contributed by atoms with E-state index in [-0.39, 0.29) is 29.5 Å². The molecule has 10 heteroatoms. The molecular weight excluding hydrogens is 692 g/mol. The zero-order valence-corrected chi connectivity index (χ0v) is 26.2. The van der Waals surface area contributed by atoms with Gasteiger partial charge >= 0.3 is 0 Å². The van der Waals surface area contributed by atoms with E-state index in [9.17, 15) is 19.2 Å². The van der Waals surface area contributed by atoms with Crippen molar-refractivity contribution in [2.75, 3.05) is 9.80 Å². The number of benzene rings is 4. The summed E-state index contributed by atoms with van der Waals surface area (Å²) in [6, 6.07) is 25.3. The van der Waals surface area contributed by atoms with Crippen LogP contribution in [0.1, 0.15) is 24.0 Å². The minimum Gasteiger partial charge on any atom is -0.456 e. The molecule has 2 aliphatic rings. The van der Waals surface area contributed by atoms with E-state index in [0.717, 1.165) is 29.9 Å². The molecule has 0 bridgehead atoms. The molecule has 0 N–H and O–H groups in total. The lowest BCUT2D eigenvalue weighted by molar-refractivity contribution is -0.121. The Hall–Kier alpha value is -4.80. The number of carbonyl (C=O) groups is 4. The van der Waals surface area contributed by atoms with E-state index in [1.807, 2.05) is 36.4 Å². The molecule has 0 saturated carbocycles. The molecule has 4 aromatic carbocycles. The van der Waals surface area contributed by atoms with Crippen LogP contribution in [0.15, 0.2) is 118 Å². The Labute approximate surface area is 269 Å². The quantitative estimate of drug-likeness (QED) is 0.173. The summed E-state index contributed by atoms with van der Waals surface area (Å²) in [5.41, 5.74) is 3.09. The number of amides is 4. The number of rotatable bonds is 8. The Morgan fingerprint density at radius 1 is 0.523 bits per heavy atom. The smallest absolute Gasteiger partial charge is 0.258 e. The van der Waals surface area contributed by atoms with Gasteiger partial charge in [0.15, 0.2) is 0 Å². The molecule has 0 atom stereocenters. The van der Waals surface area contributed by atoms with Gasteiger partial charge in [-0.05, 0) is 116 Å². The van der Waals surface area contributed by atoms with Crippen LogP contribution < -0.4 is 19.3 Å². The van der Waals surface area contributed by atoms with Gasteiger partial charge in [0.2, 0.25) is 0 Å². The minimum absolute atomic E-state index is 0.0533. The van der Waals surface area contributed by atoms with Gasteiger partial charge in [0, 0.05) is 30.2 Å². The van der Waals surface area contributed by atoms with Crippen molar-refractivity contribution in [2.24, 2.45) is 0 Å². The largest absolute Gasteiger partial charge is 0.456 e. The minimum atomic E-state index is -0.370. The first-order valence-corrected chi connectivity index (χ1v) is 15.0. The highest BCUT2D eigenvalue weighted by Crippen LogP contribution is 2.38. The van der Waals surface area contributed by atoms with E-state index in [1.54, 1.807) is 48.5 Å². The molecule has 0 aliphatic carbocycles. The zero-order valence-electron chi connectivity index (χ0n) is 23.1. The Morgan fingerprint density at radius 3 is 1.18 bits per heavy atom. The molecular formula is C34H22Br2N2O6. The number of carbonyl (C=O) groups excluding carboxylic acids is 4. The average Bonchev–Trinajstić information content (AvgIpc) is 3.54. The molecule has 4 aromatic rings. The van der Waals surface area contributed by atoms with Crippen molar-refractivity contribution < 1.29 is 28.7 Å². The van der Waals surface area contributed by atoms with Crippen LogP contribution in [0.25, 0.3) is 0 Å². The number of imide groups is 2. The van der Waals surface area contributed by atoms with Crippen LogP contribution in [-0.2, 0) is 19.2 Å². The van der Waals surface area contributed by atoms with Gasteiger partial charge in [-0.25, -0.2) is 9.80 Å². The van der Waals surface area contributed by atoms with Crippen LogP contribution in [0.2, 0.25) is 0 Å². The predicted octanol–water partition coefficient (Wildman–Crippen LogP) is 7.81. The van der Waals surface area contributed by atoms with Crippen LogP contribution in [0.4, 0.5) is 11.4 Å². The Kier molecular flexibility index (Phi) is 8.03. The highest BCUT2D eigenvalue weighted by molar-refractivity contribution is 9.11. The normalized spacial score (nSPS) is 14.4. The van der Waals surface area contributed by atoms with E-state index in [2.05, 4.69) is 38.8 Å². The lowest BCUT2D eigenvalue weighted by Crippen LogP contribution is -2.29. The van der Waals surface area contributed by atoms with E-state index in [1.165, 1.54) is 24.3 Å². The third-order valence-electron chi connectivity index (χ3n) is 7.18. The summed E-state index contributed by atoms with van der Waals surface area (Å²) >= 11 is 7.24. The number of hydrogen-bond acceptors (Lipinski definition) is 6. The van der Waals surface area contributed by atoms with Crippen molar-refractivity contribution in [2.45, 2.75) is 12.8 Å². The number of anilines is 2. The first-order chi connectivity index (χ1) is 21.2. The molecule has 0 unspecified atom stereocenters. The lowest BCUT2D eigenvalue weighted by atomic mass is 9.93. The van der Waals surface area contributed by atoms with Gasteiger partial charge in [0.25, 0.3) is 23.6 Å². The number of halogens is 2. The third kappa shape index (κ3) is 5.86. The second kappa shape index (κ2) is 12.1. The van der Waals surface area contributed by atoms with Crippen LogP contribution in [0, 0.1) is 0 Å². The van der Waals surface area contributed by atoms with Crippen molar-refractivity contribution in [3.63, 3.8) is 0 Å². The van der Waals surface area contributed by atoms with Crippen LogP contribution in [-0.4, -0.2) is 23.6 Å². The van der Waals surface area contributed by atoms with Crippen molar-refractivity contribution in [3.05, 3.63) is 129 Å². The zero-order chi connectivity index (χ0) is 31.0. The Morgan fingerprint density at radius 2 is 0.864 bits per heavy atom. The SMILES string of the molecule is CC(c1ccc(Oc2ccc(N3C(=O)C=CC3=O)cc2)c(Br)c1)c1ccc(Oc2ccc(N3C(=O)C=CC3=O)cc2)c(Br)c1. The Bertz CT molecular complexity index is 1710. The summed E-state index contributed by atoms with van der Waals surface area (Å²) in [5, 5.41) is 0. The molecule has 2 aliphatic heterocycles. The highest BCUT2D eigenvalue weighted by Gasteiger charge is 2.26. The van der Waals surface area contributed by atoms with Gasteiger partial charge in [0.1, 0.15) is 23.0 Å². The topological polar surface area (TPSA) is 93.2 Å². The van der Waals surface area contributed by atoms with Gasteiger partial charge in [-0.3, -0.25) is 19.2 Å². The molecule has 0 aromatic heterocycles. The second-order valence-corrected chi connectivity index (χ2v) is 11.7. The maximum absolute atomic E-state index is 11.9. The molecule has 4 amide bonds. The fourth-order valence-corrected chi connectivity index (χ4v) is 5.78. The molecule has 44 heavy (non-hydrogen) atoms. The first-order valence-electron chi connectivity index (χ1n) is 13.4. The van der Waals surface area contributed by atoms with Gasteiger partial charge < -0.3 is 9.47 Å². The van der Waals surface area contributed by atoms with Gasteiger partial charge in [0.05, 0.1) is 20.3 Å². The van der Waals surface area contributed by atoms with Gasteiger partial charge in [-0.1, -0.05) is 19.1 Å². The van der Waals surface area contributed by atoms with Gasteiger partial charge in [-0.2, -0.15) is 0 Å². The summed E-state index contributed by atoms with van der Waals surface area (Å²) in [5.74, 6) is 0.936. The van der Waals surface area contributed by atoms with Crippen LogP contribution >= 0.6 is 31.9 Å². The van der Waals surface area contributed by atoms with Gasteiger partial charge in [-0.15, -0.1) is 0 Å². The fraction of sp³-hybridized carbons (Fsp3) is 0.0588. The number of ether oxygens (including phenoxy) is 2. The van der Waals surface area contributed by atoms with E-state index < -0.39 is 0 Å². The summed E-state index contributed by atoms with van der Waals surface area (Å²) in [4.78, 5) is 49.9. The predicted molar refractivity (Wildman–Crippen MR) is 172 cm³/mol. The fourth-order valence-electron chi connectivity index (χ4n) is 4.82. The van der Waals surface area contributed by atoms with E-state index in [0.29, 0.717) is 34.4 Å². The molecule has 0 spiro atoms. The molecule has 8 nitrogen and oxygen atoms in total. The van der Waals surface area contributed by atoms with Crippen LogP contribution in [0.5, 0.6) is 23.0 Å². The molecule has 218 valence electrons. The lowest BCUT2D eigenvalue weighted by Gasteiger charge is -2.17. The molecule has 6 rings (SSSR count). The molecule has 0 saturated heterocycles. The third-order valence-corrected chi connectivity index (χ3v) is 8.42. The van der Waals surface area contributed by atoms with Crippen molar-refractivity contribution in [1.29, 1.82) is 0 Å². The highest BCUT2D eigenvalue weighted by atomic mass is 79.9. The molecule has 2 heterocycles. The van der Waals surface area contributed by atoms with Crippen LogP contribution in [0.3, 0.4) is 0 Å². The summed E-state index contributed by atoms with van der Waals surface area (Å²) in [7, 11) is 0. The monoisotopic (exact) mass is 712 g/mol. The maximum atomic E-state index is 11.9. The first kappa shape index (κ1) is 29.3. The average molecular weight is 714 g/mol. The standard InChI is InChI=1S/C34H22Br2N2O6/c1-20(21-2-12-29(27(35)18-21)43-25-8-4-23(5-9-25)37-31(39)14-15-32(37)40)22-3-13-30(28(36)19-22)44-26-10-6-24(7-11-26)38-33(41)16-17-34(38)42/h2-20H,1H3. The van der Waals surface area contributed by atoms with E-state index in [4.69, 9.17) is 9.47 Å². The maximum Gasteiger partial charge on any atom is 0.258 e. The summed E-state index contributed by atoms with van der Waals surface area (Å²) in [6.07, 6.45) is 4.99. The van der Waals surface area contributed by atoms with Crippen molar-refractivity contribution in [1.82, 2.24) is 0 Å². The number of hydrogen-bond donors (Lipinski definition) is 0. The Balaban J connectivity index is 1.11. The summed E-state index contributed by atoms with van der Waals surface area (Å²) < 4.78 is 13.6. The van der Waals surface area contributed by atoms with E-state index >= 15 is 0 Å².